The van der Waals surface area contributed by atoms with Gasteiger partial charge in [0.25, 0.3) is 11.6 Å². The minimum atomic E-state index is -0.443. The molecule has 0 aliphatic rings. The predicted octanol–water partition coefficient (Wildman–Crippen LogP) is 3.67. The van der Waals surface area contributed by atoms with Gasteiger partial charge in [-0.15, -0.1) is 6.58 Å². The molecule has 2 aromatic carbocycles. The molecule has 0 fully saturated rings. The highest BCUT2D eigenvalue weighted by atomic mass is 16.6. The van der Waals surface area contributed by atoms with Crippen LogP contribution in [0.4, 0.5) is 5.69 Å². The molecule has 0 saturated carbocycles. The van der Waals surface area contributed by atoms with E-state index in [0.29, 0.717) is 24.2 Å². The summed E-state index contributed by atoms with van der Waals surface area (Å²) >= 11 is 0. The summed E-state index contributed by atoms with van der Waals surface area (Å²) in [5.41, 5.74) is 2.29. The van der Waals surface area contributed by atoms with Crippen LogP contribution in [-0.4, -0.2) is 32.1 Å². The van der Waals surface area contributed by atoms with E-state index in [4.69, 9.17) is 0 Å². The molecule has 1 amide bonds. The van der Waals surface area contributed by atoms with Crippen molar-refractivity contribution in [3.63, 3.8) is 0 Å². The Kier molecular flexibility index (Phi) is 5.96. The Labute approximate surface area is 162 Å². The van der Waals surface area contributed by atoms with Crippen molar-refractivity contribution in [1.29, 1.82) is 0 Å². The van der Waals surface area contributed by atoms with Gasteiger partial charge < -0.3 is 4.90 Å². The average Bonchev–Trinajstić information content (AvgIpc) is 3.21. The average molecular weight is 376 g/mol. The van der Waals surface area contributed by atoms with E-state index in [9.17, 15) is 14.9 Å². The molecule has 0 spiro atoms. The fourth-order valence-electron chi connectivity index (χ4n) is 2.88. The van der Waals surface area contributed by atoms with Gasteiger partial charge in [0.05, 0.1) is 11.5 Å². The lowest BCUT2D eigenvalue weighted by atomic mass is 10.1. The van der Waals surface area contributed by atoms with Gasteiger partial charge in [-0.25, -0.2) is 0 Å². The second-order valence-corrected chi connectivity index (χ2v) is 6.30. The maximum absolute atomic E-state index is 12.9. The van der Waals surface area contributed by atoms with Crippen LogP contribution < -0.4 is 0 Å². The van der Waals surface area contributed by atoms with Crippen molar-refractivity contribution in [2.45, 2.75) is 13.1 Å². The fraction of sp³-hybridized carbons (Fsp3) is 0.143. The van der Waals surface area contributed by atoms with Gasteiger partial charge in [0, 0.05) is 43.2 Å². The molecule has 28 heavy (non-hydrogen) atoms. The molecular formula is C21H20N4O3. The molecule has 0 N–H and O–H groups in total. The number of nitro groups is 1. The van der Waals surface area contributed by atoms with E-state index in [1.807, 2.05) is 29.1 Å². The van der Waals surface area contributed by atoms with Crippen molar-refractivity contribution < 1.29 is 9.72 Å². The number of nitro benzene ring substituents is 1. The summed E-state index contributed by atoms with van der Waals surface area (Å²) in [6.45, 7) is 4.95. The maximum atomic E-state index is 12.9. The number of rotatable bonds is 8. The topological polar surface area (TPSA) is 81.3 Å². The zero-order valence-corrected chi connectivity index (χ0v) is 15.3. The molecule has 7 heteroatoms. The number of carbonyl (C=O) groups is 1. The van der Waals surface area contributed by atoms with Crippen LogP contribution >= 0.6 is 0 Å². The number of aromatic nitrogens is 2. The quantitative estimate of drug-likeness (QED) is 0.341. The molecule has 0 aliphatic carbocycles. The van der Waals surface area contributed by atoms with Crippen LogP contribution in [-0.2, 0) is 13.1 Å². The third-order valence-corrected chi connectivity index (χ3v) is 4.24. The van der Waals surface area contributed by atoms with Crippen LogP contribution in [0.1, 0.15) is 21.5 Å². The third kappa shape index (κ3) is 4.70. The third-order valence-electron chi connectivity index (χ3n) is 4.24. The van der Waals surface area contributed by atoms with Crippen molar-refractivity contribution in [2.24, 2.45) is 0 Å². The summed E-state index contributed by atoms with van der Waals surface area (Å²) < 4.78 is 1.81. The SMILES string of the molecule is C=CCN(Cc1cccc([N+](=O)[O-])c1)C(=O)c1ccc(Cn2cccn2)cc1. The second kappa shape index (κ2) is 8.77. The van der Waals surface area contributed by atoms with Gasteiger partial charge in [-0.1, -0.05) is 30.3 Å². The number of nitrogens with zero attached hydrogens (tertiary/aromatic N) is 4. The normalized spacial score (nSPS) is 10.4. The Bertz CT molecular complexity index is 966. The highest BCUT2D eigenvalue weighted by Gasteiger charge is 2.16. The van der Waals surface area contributed by atoms with Crippen molar-refractivity contribution in [2.75, 3.05) is 6.54 Å². The first kappa shape index (κ1) is 19.0. The Balaban J connectivity index is 1.74. The van der Waals surface area contributed by atoms with E-state index in [2.05, 4.69) is 11.7 Å². The second-order valence-electron chi connectivity index (χ2n) is 6.30. The molecule has 142 valence electrons. The smallest absolute Gasteiger partial charge is 0.269 e. The zero-order chi connectivity index (χ0) is 19.9. The molecular weight excluding hydrogens is 356 g/mol. The van der Waals surface area contributed by atoms with Crippen molar-refractivity contribution in [3.05, 3.63) is 106 Å². The van der Waals surface area contributed by atoms with Crippen LogP contribution in [0.15, 0.2) is 79.6 Å². The van der Waals surface area contributed by atoms with Crippen molar-refractivity contribution in [1.82, 2.24) is 14.7 Å². The van der Waals surface area contributed by atoms with Crippen LogP contribution in [0, 0.1) is 10.1 Å². The summed E-state index contributed by atoms with van der Waals surface area (Å²) in [7, 11) is 0. The van der Waals surface area contributed by atoms with Crippen molar-refractivity contribution in [3.8, 4) is 0 Å². The van der Waals surface area contributed by atoms with E-state index in [1.54, 1.807) is 41.4 Å². The molecule has 7 nitrogen and oxygen atoms in total. The zero-order valence-electron chi connectivity index (χ0n) is 15.3. The molecule has 3 rings (SSSR count). The summed E-state index contributed by atoms with van der Waals surface area (Å²) in [4.78, 5) is 25.0. The van der Waals surface area contributed by atoms with E-state index in [0.717, 1.165) is 5.56 Å². The summed E-state index contributed by atoms with van der Waals surface area (Å²) in [5.74, 6) is -0.156. The van der Waals surface area contributed by atoms with Crippen LogP contribution in [0.25, 0.3) is 0 Å². The predicted molar refractivity (Wildman–Crippen MR) is 106 cm³/mol. The van der Waals surface area contributed by atoms with E-state index in [-0.39, 0.29) is 18.1 Å². The summed E-state index contributed by atoms with van der Waals surface area (Å²) in [6, 6.07) is 15.5. The Hall–Kier alpha value is -3.74. The number of amides is 1. The minimum absolute atomic E-state index is 0.00600. The van der Waals surface area contributed by atoms with Crippen LogP contribution in [0.5, 0.6) is 0 Å². The van der Waals surface area contributed by atoms with E-state index >= 15 is 0 Å². The van der Waals surface area contributed by atoms with Gasteiger partial charge in [-0.3, -0.25) is 19.6 Å². The van der Waals surface area contributed by atoms with Crippen LogP contribution in [0.3, 0.4) is 0 Å². The monoisotopic (exact) mass is 376 g/mol. The number of non-ortho nitro benzene ring substituents is 1. The first-order valence-electron chi connectivity index (χ1n) is 8.76. The van der Waals surface area contributed by atoms with Gasteiger partial charge in [0.1, 0.15) is 0 Å². The molecule has 0 saturated heterocycles. The van der Waals surface area contributed by atoms with Gasteiger partial charge in [0.15, 0.2) is 0 Å². The van der Waals surface area contributed by atoms with Crippen molar-refractivity contribution >= 4 is 11.6 Å². The lowest BCUT2D eigenvalue weighted by Crippen LogP contribution is -2.30. The molecule has 0 aliphatic heterocycles. The number of carbonyl (C=O) groups excluding carboxylic acids is 1. The summed E-state index contributed by atoms with van der Waals surface area (Å²) in [5, 5.41) is 15.1. The molecule has 0 atom stereocenters. The van der Waals surface area contributed by atoms with Gasteiger partial charge in [-0.05, 0) is 29.3 Å². The summed E-state index contributed by atoms with van der Waals surface area (Å²) in [6.07, 6.45) is 5.24. The molecule has 3 aromatic rings. The number of hydrogen-bond acceptors (Lipinski definition) is 4. The van der Waals surface area contributed by atoms with Crippen LogP contribution in [0.2, 0.25) is 0 Å². The lowest BCUT2D eigenvalue weighted by Gasteiger charge is -2.21. The molecule has 0 bridgehead atoms. The Morgan fingerprint density at radius 2 is 1.96 bits per heavy atom. The Morgan fingerprint density at radius 1 is 1.18 bits per heavy atom. The van der Waals surface area contributed by atoms with E-state index < -0.39 is 4.92 Å². The van der Waals surface area contributed by atoms with Gasteiger partial charge in [-0.2, -0.15) is 5.10 Å². The number of benzene rings is 2. The Morgan fingerprint density at radius 3 is 2.61 bits per heavy atom. The highest BCUT2D eigenvalue weighted by molar-refractivity contribution is 5.94. The number of hydrogen-bond donors (Lipinski definition) is 0. The van der Waals surface area contributed by atoms with E-state index in [1.165, 1.54) is 12.1 Å². The lowest BCUT2D eigenvalue weighted by molar-refractivity contribution is -0.384. The first-order chi connectivity index (χ1) is 13.6. The largest absolute Gasteiger partial charge is 0.331 e. The first-order valence-corrected chi connectivity index (χ1v) is 8.76. The molecule has 0 unspecified atom stereocenters. The molecule has 1 aromatic heterocycles. The standard InChI is InChI=1S/C21H20N4O3/c1-2-12-23(15-18-5-3-6-20(14-18)25(27)28)21(26)19-9-7-17(8-10-19)16-24-13-4-11-22-24/h2-11,13-14H,1,12,15-16H2. The highest BCUT2D eigenvalue weighted by Crippen LogP contribution is 2.17. The molecule has 0 radical (unpaired) electrons. The van der Waals surface area contributed by atoms with Gasteiger partial charge >= 0.3 is 0 Å². The minimum Gasteiger partial charge on any atom is -0.331 e. The van der Waals surface area contributed by atoms with Gasteiger partial charge in [0.2, 0.25) is 0 Å². The molecule has 1 heterocycles. The fourth-order valence-corrected chi connectivity index (χ4v) is 2.88. The maximum Gasteiger partial charge on any atom is 0.269 e.